The summed E-state index contributed by atoms with van der Waals surface area (Å²) in [5.41, 5.74) is 1.12. The number of para-hydroxylation sites is 1. The molecule has 0 aromatic heterocycles. The molecule has 1 aromatic rings. The molecule has 1 heterocycles. The molecule has 0 saturated carbocycles. The fourth-order valence-electron chi connectivity index (χ4n) is 0.991. The summed E-state index contributed by atoms with van der Waals surface area (Å²) in [6, 6.07) is 10.0. The Bertz CT molecular complexity index is 282. The van der Waals surface area contributed by atoms with Gasteiger partial charge in [-0.05, 0) is 0 Å². The van der Waals surface area contributed by atoms with Crippen molar-refractivity contribution in [2.75, 3.05) is 0 Å². The number of nitrogens with one attached hydrogen (secondary N) is 1. The van der Waals surface area contributed by atoms with E-state index in [1.807, 2.05) is 30.3 Å². The molecule has 4 heteroatoms. The van der Waals surface area contributed by atoms with E-state index in [2.05, 4.69) is 10.1 Å². The van der Waals surface area contributed by atoms with Crippen molar-refractivity contribution in [3.8, 4) is 0 Å². The van der Waals surface area contributed by atoms with Crippen LogP contribution in [0.15, 0.2) is 40.4 Å². The zero-order valence-corrected chi connectivity index (χ0v) is 6.31. The third-order valence-corrected chi connectivity index (χ3v) is 1.53. The summed E-state index contributed by atoms with van der Waals surface area (Å²) in [7, 11) is 0. The van der Waals surface area contributed by atoms with E-state index in [0.29, 0.717) is 0 Å². The van der Waals surface area contributed by atoms with Crippen LogP contribution in [-0.4, -0.2) is 12.7 Å². The Morgan fingerprint density at radius 1 is 1.08 bits per heavy atom. The van der Waals surface area contributed by atoms with Gasteiger partial charge in [-0.25, -0.2) is 0 Å². The molecular weight excluding hydrogens is 157 g/mol. The first-order chi connectivity index (χ1) is 5.47. The number of quaternary nitrogens is 1. The molecule has 1 aliphatic heterocycles. The van der Waals surface area contributed by atoms with E-state index in [-0.39, 0.29) is 4.70 Å². The Morgan fingerprint density at radius 3 is 2.42 bits per heavy atom. The Morgan fingerprint density at radius 2 is 1.83 bits per heavy atom. The van der Waals surface area contributed by atoms with Gasteiger partial charge in [-0.3, -0.25) is 0 Å². The monoisotopic (exact) mass is 165 g/mol. The summed E-state index contributed by atoms with van der Waals surface area (Å²) in [5.74, 6) is 0. The normalized spacial score (nSPS) is 19.2. The van der Waals surface area contributed by atoms with Crippen molar-refractivity contribution >= 4 is 18.4 Å². The highest BCUT2D eigenvalue weighted by atomic mass is 19.0. The van der Waals surface area contributed by atoms with Gasteiger partial charge in [-0.2, -0.15) is 4.99 Å². The molecule has 0 fully saturated rings. The number of rotatable bonds is 1. The van der Waals surface area contributed by atoms with Crippen LogP contribution in [0.25, 0.3) is 0 Å². The van der Waals surface area contributed by atoms with Crippen LogP contribution in [0.3, 0.4) is 0 Å². The van der Waals surface area contributed by atoms with Gasteiger partial charge in [0.05, 0.1) is 0 Å². The third-order valence-electron chi connectivity index (χ3n) is 1.53. The minimum absolute atomic E-state index is 0. The molecule has 1 aromatic carbocycles. The molecule has 1 unspecified atom stereocenters. The Balaban J connectivity index is 0.000000720. The second-order valence-corrected chi connectivity index (χ2v) is 2.27. The van der Waals surface area contributed by atoms with Crippen LogP contribution < -0.4 is 9.71 Å². The highest BCUT2D eigenvalue weighted by molar-refractivity contribution is 5.70. The molecule has 1 N–H and O–H groups in total. The predicted molar refractivity (Wildman–Crippen MR) is 44.0 cm³/mol. The summed E-state index contributed by atoms with van der Waals surface area (Å²) in [4.78, 5) is 3.89. The maximum Gasteiger partial charge on any atom is 0.222 e. The van der Waals surface area contributed by atoms with Crippen molar-refractivity contribution in [1.82, 2.24) is 0 Å². The molecule has 62 valence electrons. The highest BCUT2D eigenvalue weighted by Gasteiger charge is 2.09. The van der Waals surface area contributed by atoms with Crippen LogP contribution >= 0.6 is 0 Å². The second kappa shape index (κ2) is 3.73. The minimum Gasteiger partial charge on any atom is -1.00 e. The first kappa shape index (κ1) is 8.55. The van der Waals surface area contributed by atoms with Crippen molar-refractivity contribution in [2.45, 2.75) is 0 Å². The summed E-state index contributed by atoms with van der Waals surface area (Å²) in [6.07, 6.45) is 3.32. The molecule has 2 rings (SSSR count). The van der Waals surface area contributed by atoms with E-state index in [4.69, 9.17) is 0 Å². The molecule has 0 amide bonds. The quantitative estimate of drug-likeness (QED) is 0.465. The van der Waals surface area contributed by atoms with Crippen molar-refractivity contribution in [3.63, 3.8) is 0 Å². The van der Waals surface area contributed by atoms with Gasteiger partial charge in [-0.1, -0.05) is 23.3 Å². The van der Waals surface area contributed by atoms with Gasteiger partial charge < -0.3 is 4.70 Å². The first-order valence-corrected chi connectivity index (χ1v) is 3.45. The van der Waals surface area contributed by atoms with Gasteiger partial charge in [0, 0.05) is 12.1 Å². The summed E-state index contributed by atoms with van der Waals surface area (Å²) in [6.45, 7) is 0. The summed E-state index contributed by atoms with van der Waals surface area (Å²) in [5, 5.41) is 5.01. The lowest BCUT2D eigenvalue weighted by atomic mass is 10.3. The molecule has 0 bridgehead atoms. The average molecular weight is 165 g/mol. The SMILES string of the molecule is C1=NC=N[NH+]1c1ccccc1.[F-]. The fraction of sp³-hybridized carbons (Fsp3) is 0. The Labute approximate surface area is 69.4 Å². The van der Waals surface area contributed by atoms with Crippen LogP contribution in [0.2, 0.25) is 0 Å². The van der Waals surface area contributed by atoms with Gasteiger partial charge in [0.15, 0.2) is 12.0 Å². The minimum atomic E-state index is 0. The summed E-state index contributed by atoms with van der Waals surface area (Å²) < 4.78 is 0. The zero-order chi connectivity index (χ0) is 7.52. The number of hydrogen-bond acceptors (Lipinski definition) is 2. The van der Waals surface area contributed by atoms with E-state index < -0.39 is 0 Å². The highest BCUT2D eigenvalue weighted by Crippen LogP contribution is 1.97. The van der Waals surface area contributed by atoms with Crippen molar-refractivity contribution in [1.29, 1.82) is 0 Å². The van der Waals surface area contributed by atoms with Gasteiger partial charge in [0.1, 0.15) is 0 Å². The fourth-order valence-corrected chi connectivity index (χ4v) is 0.991. The van der Waals surface area contributed by atoms with Gasteiger partial charge in [0.25, 0.3) is 0 Å². The van der Waals surface area contributed by atoms with E-state index in [0.717, 1.165) is 10.7 Å². The van der Waals surface area contributed by atoms with Crippen molar-refractivity contribution in [2.24, 2.45) is 10.1 Å². The van der Waals surface area contributed by atoms with E-state index >= 15 is 0 Å². The molecule has 12 heavy (non-hydrogen) atoms. The van der Waals surface area contributed by atoms with Crippen molar-refractivity contribution in [3.05, 3.63) is 30.3 Å². The zero-order valence-electron chi connectivity index (χ0n) is 6.31. The Hall–Kier alpha value is -1.55. The number of benzene rings is 1. The molecule has 0 saturated heterocycles. The third kappa shape index (κ3) is 1.54. The molecule has 0 radical (unpaired) electrons. The number of aliphatic imine (C=N–C) groups is 1. The Kier molecular flexibility index (Phi) is 2.66. The molecule has 0 spiro atoms. The van der Waals surface area contributed by atoms with Crippen molar-refractivity contribution < 1.29 is 9.71 Å². The topological polar surface area (TPSA) is 29.2 Å². The van der Waals surface area contributed by atoms with Crippen LogP contribution in [0.5, 0.6) is 0 Å². The number of halogens is 1. The van der Waals surface area contributed by atoms with Crippen LogP contribution in [0.4, 0.5) is 5.69 Å². The lowest BCUT2D eigenvalue weighted by molar-refractivity contribution is -0.727. The molecule has 1 atom stereocenters. The van der Waals surface area contributed by atoms with Gasteiger partial charge in [-0.15, -0.1) is 5.01 Å². The molecule has 0 aliphatic carbocycles. The molecular formula is C8H8FN3. The maximum absolute atomic E-state index is 4.08. The summed E-state index contributed by atoms with van der Waals surface area (Å²) >= 11 is 0. The van der Waals surface area contributed by atoms with Gasteiger partial charge in [0.2, 0.25) is 6.34 Å². The standard InChI is InChI=1S/C8H7N3.FH/c1-2-4-8(5-3-1)11-7-9-6-10-11;/h1-7H;1H. The lowest BCUT2D eigenvalue weighted by Crippen LogP contribution is -3.00. The van der Waals surface area contributed by atoms with Crippen LogP contribution in [0, 0.1) is 0 Å². The number of hydrogen-bond donors (Lipinski definition) is 1. The molecule has 1 aliphatic rings. The van der Waals surface area contributed by atoms with E-state index in [1.165, 1.54) is 0 Å². The second-order valence-electron chi connectivity index (χ2n) is 2.27. The first-order valence-electron chi connectivity index (χ1n) is 3.45. The van der Waals surface area contributed by atoms with Gasteiger partial charge >= 0.3 is 0 Å². The van der Waals surface area contributed by atoms with E-state index in [1.54, 1.807) is 12.7 Å². The smallest absolute Gasteiger partial charge is 0.222 e. The van der Waals surface area contributed by atoms with Crippen LogP contribution in [0.1, 0.15) is 0 Å². The molecule has 3 nitrogen and oxygen atoms in total. The maximum atomic E-state index is 4.08. The van der Waals surface area contributed by atoms with Crippen LogP contribution in [-0.2, 0) is 0 Å². The average Bonchev–Trinajstić information content (AvgIpc) is 2.58. The predicted octanol–water partition coefficient (Wildman–Crippen LogP) is -2.81. The lowest BCUT2D eigenvalue weighted by Gasteiger charge is -1.99. The van der Waals surface area contributed by atoms with E-state index in [9.17, 15) is 0 Å². The number of nitrogens with zero attached hydrogens (tertiary/aromatic N) is 2. The largest absolute Gasteiger partial charge is 1.00 e.